The molecule has 1 rings (SSSR count). The molecule has 2 N–H and O–H groups in total. The zero-order valence-electron chi connectivity index (χ0n) is 10.9. The molecule has 0 aliphatic rings. The SMILES string of the molecule is CCCC(C)N(C)Cc1ccccc1B(O)O. The van der Waals surface area contributed by atoms with Gasteiger partial charge >= 0.3 is 7.12 Å². The topological polar surface area (TPSA) is 43.7 Å². The Balaban J connectivity index is 2.74. The van der Waals surface area contributed by atoms with E-state index in [-0.39, 0.29) is 0 Å². The maximum Gasteiger partial charge on any atom is 0.488 e. The number of hydrogen-bond donors (Lipinski definition) is 2. The third-order valence-electron chi connectivity index (χ3n) is 3.21. The molecule has 0 spiro atoms. The molecule has 0 bridgehead atoms. The van der Waals surface area contributed by atoms with Gasteiger partial charge in [-0.05, 0) is 31.4 Å². The van der Waals surface area contributed by atoms with Gasteiger partial charge in [0.05, 0.1) is 0 Å². The van der Waals surface area contributed by atoms with Crippen molar-refractivity contribution in [3.63, 3.8) is 0 Å². The second-order valence-corrected chi connectivity index (χ2v) is 4.63. The van der Waals surface area contributed by atoms with Gasteiger partial charge in [0.25, 0.3) is 0 Å². The first-order valence-corrected chi connectivity index (χ1v) is 6.20. The highest BCUT2D eigenvalue weighted by atomic mass is 16.4. The Morgan fingerprint density at radius 3 is 2.53 bits per heavy atom. The van der Waals surface area contributed by atoms with Crippen molar-refractivity contribution in [1.82, 2.24) is 4.90 Å². The zero-order chi connectivity index (χ0) is 12.8. The molecule has 0 aliphatic carbocycles. The van der Waals surface area contributed by atoms with E-state index in [1.54, 1.807) is 6.07 Å². The smallest absolute Gasteiger partial charge is 0.423 e. The molecule has 1 unspecified atom stereocenters. The first-order chi connectivity index (χ1) is 8.06. The molecule has 3 nitrogen and oxygen atoms in total. The number of nitrogens with zero attached hydrogens (tertiary/aromatic N) is 1. The summed E-state index contributed by atoms with van der Waals surface area (Å²) in [6.07, 6.45) is 2.32. The van der Waals surface area contributed by atoms with Crippen LogP contribution in [0.1, 0.15) is 32.3 Å². The van der Waals surface area contributed by atoms with E-state index in [2.05, 4.69) is 25.8 Å². The van der Waals surface area contributed by atoms with E-state index in [0.29, 0.717) is 11.5 Å². The molecule has 17 heavy (non-hydrogen) atoms. The Morgan fingerprint density at radius 1 is 1.29 bits per heavy atom. The number of benzene rings is 1. The third kappa shape index (κ3) is 4.15. The van der Waals surface area contributed by atoms with E-state index in [9.17, 15) is 10.0 Å². The van der Waals surface area contributed by atoms with Gasteiger partial charge in [0.2, 0.25) is 0 Å². The van der Waals surface area contributed by atoms with E-state index in [1.165, 1.54) is 0 Å². The van der Waals surface area contributed by atoms with E-state index < -0.39 is 7.12 Å². The standard InChI is InChI=1S/C13H22BNO2/c1-4-7-11(2)15(3)10-12-8-5-6-9-13(12)14(16)17/h5-6,8-9,11,16-17H,4,7,10H2,1-3H3. The van der Waals surface area contributed by atoms with Crippen molar-refractivity contribution in [2.75, 3.05) is 7.05 Å². The Morgan fingerprint density at radius 2 is 1.94 bits per heavy atom. The average Bonchev–Trinajstić information content (AvgIpc) is 2.29. The van der Waals surface area contributed by atoms with Crippen LogP contribution in [0.25, 0.3) is 0 Å². The monoisotopic (exact) mass is 235 g/mol. The summed E-state index contributed by atoms with van der Waals surface area (Å²) in [7, 11) is 0.682. The molecule has 0 amide bonds. The molecule has 1 atom stereocenters. The largest absolute Gasteiger partial charge is 0.488 e. The van der Waals surface area contributed by atoms with Crippen LogP contribution in [0, 0.1) is 0 Å². The minimum absolute atomic E-state index is 0.504. The van der Waals surface area contributed by atoms with Crippen LogP contribution in [0.3, 0.4) is 0 Å². The summed E-state index contributed by atoms with van der Waals surface area (Å²) < 4.78 is 0. The molecule has 1 aromatic carbocycles. The molecule has 0 saturated carbocycles. The van der Waals surface area contributed by atoms with Crippen molar-refractivity contribution < 1.29 is 10.0 Å². The van der Waals surface area contributed by atoms with Crippen LogP contribution in [0.2, 0.25) is 0 Å². The van der Waals surface area contributed by atoms with Crippen LogP contribution >= 0.6 is 0 Å². The predicted molar refractivity (Wildman–Crippen MR) is 72.1 cm³/mol. The lowest BCUT2D eigenvalue weighted by Gasteiger charge is -2.25. The summed E-state index contributed by atoms with van der Waals surface area (Å²) in [4.78, 5) is 2.24. The fourth-order valence-corrected chi connectivity index (χ4v) is 1.99. The molecule has 4 heteroatoms. The Labute approximate surface area is 104 Å². The molecule has 0 radical (unpaired) electrons. The fraction of sp³-hybridized carbons (Fsp3) is 0.538. The Bertz CT molecular complexity index is 344. The summed E-state index contributed by atoms with van der Waals surface area (Å²) in [6, 6.07) is 7.97. The van der Waals surface area contributed by atoms with Crippen LogP contribution < -0.4 is 5.46 Å². The van der Waals surface area contributed by atoms with Gasteiger partial charge in [0.15, 0.2) is 0 Å². The van der Waals surface area contributed by atoms with E-state index in [4.69, 9.17) is 0 Å². The zero-order valence-corrected chi connectivity index (χ0v) is 10.9. The molecule has 0 aromatic heterocycles. The van der Waals surface area contributed by atoms with Gasteiger partial charge < -0.3 is 10.0 Å². The normalized spacial score (nSPS) is 12.8. The van der Waals surface area contributed by atoms with Crippen molar-refractivity contribution in [3.8, 4) is 0 Å². The molecule has 94 valence electrons. The van der Waals surface area contributed by atoms with Crippen LogP contribution in [0.5, 0.6) is 0 Å². The van der Waals surface area contributed by atoms with Crippen molar-refractivity contribution >= 4 is 12.6 Å². The van der Waals surface area contributed by atoms with E-state index in [1.807, 2.05) is 18.2 Å². The highest BCUT2D eigenvalue weighted by Gasteiger charge is 2.17. The van der Waals surface area contributed by atoms with Crippen molar-refractivity contribution in [3.05, 3.63) is 29.8 Å². The number of hydrogen-bond acceptors (Lipinski definition) is 3. The molecule has 0 fully saturated rings. The highest BCUT2D eigenvalue weighted by Crippen LogP contribution is 2.08. The maximum absolute atomic E-state index is 9.30. The van der Waals surface area contributed by atoms with Gasteiger partial charge in [-0.25, -0.2) is 0 Å². The summed E-state index contributed by atoms with van der Waals surface area (Å²) >= 11 is 0. The van der Waals surface area contributed by atoms with Crippen molar-refractivity contribution in [2.24, 2.45) is 0 Å². The van der Waals surface area contributed by atoms with Crippen LogP contribution in [-0.2, 0) is 6.54 Å². The fourth-order valence-electron chi connectivity index (χ4n) is 1.99. The molecule has 1 aromatic rings. The first-order valence-electron chi connectivity index (χ1n) is 6.20. The lowest BCUT2D eigenvalue weighted by Crippen LogP contribution is -2.37. The van der Waals surface area contributed by atoms with Gasteiger partial charge in [-0.1, -0.05) is 37.6 Å². The summed E-state index contributed by atoms with van der Waals surface area (Å²) in [5.41, 5.74) is 1.58. The summed E-state index contributed by atoms with van der Waals surface area (Å²) in [5, 5.41) is 18.6. The van der Waals surface area contributed by atoms with Crippen molar-refractivity contribution in [1.29, 1.82) is 0 Å². The lowest BCUT2D eigenvalue weighted by molar-refractivity contribution is 0.237. The molecule has 0 aliphatic heterocycles. The predicted octanol–water partition coefficient (Wildman–Crippen LogP) is 0.987. The minimum Gasteiger partial charge on any atom is -0.423 e. The van der Waals surface area contributed by atoms with E-state index in [0.717, 1.165) is 24.9 Å². The highest BCUT2D eigenvalue weighted by molar-refractivity contribution is 6.59. The average molecular weight is 235 g/mol. The summed E-state index contributed by atoms with van der Waals surface area (Å²) in [6.45, 7) is 5.12. The Kier molecular flexibility index (Phi) is 5.68. The molecule has 0 heterocycles. The van der Waals surface area contributed by atoms with Crippen molar-refractivity contribution in [2.45, 2.75) is 39.3 Å². The second-order valence-electron chi connectivity index (χ2n) is 4.63. The van der Waals surface area contributed by atoms with Gasteiger partial charge in [-0.2, -0.15) is 0 Å². The number of rotatable bonds is 6. The second kappa shape index (κ2) is 6.79. The quantitative estimate of drug-likeness (QED) is 0.722. The van der Waals surface area contributed by atoms with Gasteiger partial charge in [0, 0.05) is 12.6 Å². The molecule has 0 saturated heterocycles. The van der Waals surface area contributed by atoms with Gasteiger partial charge in [-0.15, -0.1) is 0 Å². The van der Waals surface area contributed by atoms with Gasteiger partial charge in [-0.3, -0.25) is 4.90 Å². The lowest BCUT2D eigenvalue weighted by atomic mass is 9.77. The summed E-state index contributed by atoms with van der Waals surface area (Å²) in [5.74, 6) is 0. The van der Waals surface area contributed by atoms with E-state index >= 15 is 0 Å². The van der Waals surface area contributed by atoms with Crippen LogP contribution in [0.4, 0.5) is 0 Å². The third-order valence-corrected chi connectivity index (χ3v) is 3.21. The minimum atomic E-state index is -1.39. The Hall–Kier alpha value is -0.835. The maximum atomic E-state index is 9.30. The van der Waals surface area contributed by atoms with Crippen LogP contribution in [0.15, 0.2) is 24.3 Å². The first kappa shape index (κ1) is 14.2. The van der Waals surface area contributed by atoms with Crippen LogP contribution in [-0.4, -0.2) is 35.2 Å². The molecular weight excluding hydrogens is 213 g/mol. The molecular formula is C13H22BNO2. The van der Waals surface area contributed by atoms with Gasteiger partial charge in [0.1, 0.15) is 0 Å².